The Bertz CT molecular complexity index is 1470. The highest BCUT2D eigenvalue weighted by molar-refractivity contribution is 6.83. The maximum Gasteiger partial charge on any atom is 0.129 e. The topological polar surface area (TPSA) is 24.4 Å². The highest BCUT2D eigenvalue weighted by atomic mass is 28.3. The summed E-state index contributed by atoms with van der Waals surface area (Å²) in [5, 5.41) is 3.51. The zero-order valence-corrected chi connectivity index (χ0v) is 22.9. The van der Waals surface area contributed by atoms with E-state index in [9.17, 15) is 0 Å². The summed E-state index contributed by atoms with van der Waals surface area (Å²) in [5.74, 6) is 6.05. The molecule has 0 fully saturated rings. The fourth-order valence-corrected chi connectivity index (χ4v) is 4.48. The van der Waals surface area contributed by atoms with E-state index >= 15 is 0 Å². The van der Waals surface area contributed by atoms with E-state index in [0.717, 1.165) is 39.1 Å². The first-order valence-electron chi connectivity index (χ1n) is 12.5. The van der Waals surface area contributed by atoms with Crippen LogP contribution in [0, 0.1) is 23.8 Å². The lowest BCUT2D eigenvalue weighted by molar-refractivity contribution is 0.824. The zero-order valence-electron chi connectivity index (χ0n) is 21.9. The molecule has 0 amide bonds. The molecule has 0 saturated heterocycles. The molecule has 0 spiro atoms. The predicted octanol–water partition coefficient (Wildman–Crippen LogP) is 8.43. The van der Waals surface area contributed by atoms with E-state index in [1.807, 2.05) is 36.7 Å². The van der Waals surface area contributed by atoms with Crippen molar-refractivity contribution in [3.05, 3.63) is 114 Å². The molecule has 0 bridgehead atoms. The summed E-state index contributed by atoms with van der Waals surface area (Å²) >= 11 is 0. The maximum atomic E-state index is 5.58. The van der Waals surface area contributed by atoms with E-state index in [-0.39, 0.29) is 6.04 Å². The van der Waals surface area contributed by atoms with Gasteiger partial charge in [0.2, 0.25) is 0 Å². The van der Waals surface area contributed by atoms with E-state index in [2.05, 4.69) is 116 Å². The highest BCUT2D eigenvalue weighted by Crippen LogP contribution is 2.37. The number of hydrogen-bond acceptors (Lipinski definition) is 1. The van der Waals surface area contributed by atoms with Crippen molar-refractivity contribution in [2.24, 2.45) is 4.99 Å². The van der Waals surface area contributed by atoms with E-state index in [0.29, 0.717) is 0 Å². The third kappa shape index (κ3) is 6.89. The highest BCUT2D eigenvalue weighted by Gasteiger charge is 2.12. The monoisotopic (exact) mass is 496 g/mol. The lowest BCUT2D eigenvalue weighted by Crippen LogP contribution is -2.16. The van der Waals surface area contributed by atoms with Crippen molar-refractivity contribution in [2.75, 3.05) is 5.32 Å². The maximum absolute atomic E-state index is 5.58. The Balaban J connectivity index is 1.72. The average Bonchev–Trinajstić information content (AvgIpc) is 2.92. The molecule has 1 atom stereocenters. The van der Waals surface area contributed by atoms with Gasteiger partial charge in [-0.1, -0.05) is 104 Å². The number of para-hydroxylation sites is 1. The van der Waals surface area contributed by atoms with Crippen LogP contribution in [0.5, 0.6) is 0 Å². The first kappa shape index (κ1) is 25.8. The van der Waals surface area contributed by atoms with Crippen LogP contribution in [0.15, 0.2) is 102 Å². The predicted molar refractivity (Wildman–Crippen MR) is 162 cm³/mol. The molecule has 0 unspecified atom stereocenters. The molecule has 0 aromatic heterocycles. The molecule has 3 heteroatoms. The van der Waals surface area contributed by atoms with Gasteiger partial charge in [-0.15, -0.1) is 12.0 Å². The molecule has 0 aliphatic heterocycles. The molecule has 1 N–H and O–H groups in total. The number of nitrogens with one attached hydrogen (secondary N) is 1. The summed E-state index contributed by atoms with van der Waals surface area (Å²) in [5.41, 5.74) is 11.9. The molecule has 4 aromatic carbocycles. The number of hydrogen-bond donors (Lipinski definition) is 1. The van der Waals surface area contributed by atoms with Crippen LogP contribution in [0.3, 0.4) is 0 Å². The molecule has 2 nitrogen and oxygen atoms in total. The Morgan fingerprint density at radius 1 is 0.757 bits per heavy atom. The lowest BCUT2D eigenvalue weighted by Gasteiger charge is -2.16. The van der Waals surface area contributed by atoms with Crippen molar-refractivity contribution in [2.45, 2.75) is 32.6 Å². The van der Waals surface area contributed by atoms with Gasteiger partial charge in [-0.05, 0) is 47.9 Å². The van der Waals surface area contributed by atoms with Crippen LogP contribution in [0.2, 0.25) is 19.6 Å². The standard InChI is InChI=1S/C34H32N2Si/c1-6-27-15-19-30(20-16-27)32-13-10-14-33(31-21-17-28(18-22-31)23-24-37(3,4)5)34(32)36-25-35-26(2)29-11-8-7-9-12-29/h1,7-22,25-26H,2-5H3,(H,35,36)/t26-/m1/s1. The minimum Gasteiger partial charge on any atom is -0.346 e. The molecule has 0 aliphatic carbocycles. The number of benzene rings is 4. The second kappa shape index (κ2) is 11.6. The van der Waals surface area contributed by atoms with Gasteiger partial charge in [0.15, 0.2) is 0 Å². The third-order valence-electron chi connectivity index (χ3n) is 5.99. The largest absolute Gasteiger partial charge is 0.346 e. The smallest absolute Gasteiger partial charge is 0.129 e. The van der Waals surface area contributed by atoms with Gasteiger partial charge in [0, 0.05) is 22.3 Å². The fraction of sp³-hybridized carbons (Fsp3) is 0.147. The van der Waals surface area contributed by atoms with Crippen LogP contribution in [-0.4, -0.2) is 14.4 Å². The van der Waals surface area contributed by atoms with E-state index in [4.69, 9.17) is 11.4 Å². The van der Waals surface area contributed by atoms with E-state index in [1.165, 1.54) is 5.56 Å². The normalized spacial score (nSPS) is 11.9. The van der Waals surface area contributed by atoms with Gasteiger partial charge in [0.05, 0.1) is 18.1 Å². The van der Waals surface area contributed by atoms with E-state index < -0.39 is 8.07 Å². The summed E-state index contributed by atoms with van der Waals surface area (Å²) in [4.78, 5) is 4.77. The molecular weight excluding hydrogens is 464 g/mol. The number of terminal acetylenes is 1. The van der Waals surface area contributed by atoms with Crippen molar-refractivity contribution in [3.8, 4) is 46.1 Å². The van der Waals surface area contributed by atoms with Gasteiger partial charge in [0.25, 0.3) is 0 Å². The molecule has 0 radical (unpaired) electrons. The average molecular weight is 497 g/mol. The second-order valence-corrected chi connectivity index (χ2v) is 14.8. The minimum atomic E-state index is -1.43. The van der Waals surface area contributed by atoms with Gasteiger partial charge >= 0.3 is 0 Å². The molecule has 0 heterocycles. The fourth-order valence-electron chi connectivity index (χ4n) is 3.96. The first-order chi connectivity index (χ1) is 17.8. The Morgan fingerprint density at radius 2 is 1.32 bits per heavy atom. The van der Waals surface area contributed by atoms with Crippen LogP contribution in [-0.2, 0) is 0 Å². The minimum absolute atomic E-state index is 0.0449. The third-order valence-corrected chi connectivity index (χ3v) is 6.87. The summed E-state index contributed by atoms with van der Waals surface area (Å²) in [6.45, 7) is 8.87. The van der Waals surface area contributed by atoms with Gasteiger partial charge in [-0.25, -0.2) is 0 Å². The Hall–Kier alpha value is -4.31. The van der Waals surface area contributed by atoms with Crippen LogP contribution >= 0.6 is 0 Å². The van der Waals surface area contributed by atoms with Crippen molar-refractivity contribution in [3.63, 3.8) is 0 Å². The van der Waals surface area contributed by atoms with Crippen LogP contribution < -0.4 is 5.32 Å². The molecule has 0 aliphatic rings. The molecule has 182 valence electrons. The van der Waals surface area contributed by atoms with Crippen molar-refractivity contribution in [1.29, 1.82) is 0 Å². The quantitative estimate of drug-likeness (QED) is 0.123. The Labute approximate surface area is 222 Å². The van der Waals surface area contributed by atoms with E-state index in [1.54, 1.807) is 0 Å². The van der Waals surface area contributed by atoms with Crippen LogP contribution in [0.1, 0.15) is 29.7 Å². The SMILES string of the molecule is C#Cc1ccc(-c2cccc(-c3ccc(C#C[Si](C)(C)C)cc3)c2NC=N[C@H](C)c2ccccc2)cc1. The summed E-state index contributed by atoms with van der Waals surface area (Å²) < 4.78 is 0. The van der Waals surface area contributed by atoms with Crippen LogP contribution in [0.4, 0.5) is 5.69 Å². The van der Waals surface area contributed by atoms with Gasteiger partial charge in [-0.3, -0.25) is 4.99 Å². The summed E-state index contributed by atoms with van der Waals surface area (Å²) in [6.07, 6.45) is 7.39. The number of nitrogens with zero attached hydrogens (tertiary/aromatic N) is 1. The number of aliphatic imine (C=N–C) groups is 1. The van der Waals surface area contributed by atoms with Crippen LogP contribution in [0.25, 0.3) is 22.3 Å². The Morgan fingerprint density at radius 3 is 1.86 bits per heavy atom. The first-order valence-corrected chi connectivity index (χ1v) is 16.0. The van der Waals surface area contributed by atoms with Crippen molar-refractivity contribution in [1.82, 2.24) is 0 Å². The molecule has 0 saturated carbocycles. The number of rotatable bonds is 6. The summed E-state index contributed by atoms with van der Waals surface area (Å²) in [7, 11) is -1.43. The second-order valence-electron chi connectivity index (χ2n) is 10.0. The molecule has 37 heavy (non-hydrogen) atoms. The van der Waals surface area contributed by atoms with Crippen molar-refractivity contribution >= 4 is 20.1 Å². The number of anilines is 1. The molecule has 4 aromatic rings. The Kier molecular flexibility index (Phi) is 8.09. The van der Waals surface area contributed by atoms with Crippen molar-refractivity contribution < 1.29 is 0 Å². The van der Waals surface area contributed by atoms with Gasteiger partial charge < -0.3 is 5.32 Å². The molecule has 4 rings (SSSR count). The summed E-state index contributed by atoms with van der Waals surface area (Å²) in [6, 6.07) is 33.3. The van der Waals surface area contributed by atoms with Gasteiger partial charge in [-0.2, -0.15) is 0 Å². The zero-order chi connectivity index (χ0) is 26.3. The lowest BCUT2D eigenvalue weighted by atomic mass is 9.95. The molecular formula is C34H32N2Si. The van der Waals surface area contributed by atoms with Gasteiger partial charge in [0.1, 0.15) is 8.07 Å².